The first-order valence-corrected chi connectivity index (χ1v) is 11.9. The molecule has 0 aliphatic carbocycles. The summed E-state index contributed by atoms with van der Waals surface area (Å²) in [4.78, 5) is 16.7. The average Bonchev–Trinajstić information content (AvgIpc) is 3.53. The highest BCUT2D eigenvalue weighted by atomic mass is 32.1. The van der Waals surface area contributed by atoms with Gasteiger partial charge in [0, 0.05) is 17.1 Å². The van der Waals surface area contributed by atoms with Crippen molar-refractivity contribution >= 4 is 28.1 Å². The smallest absolute Gasteiger partial charge is 0.265 e. The van der Waals surface area contributed by atoms with Crippen LogP contribution in [0.25, 0.3) is 10.9 Å². The van der Waals surface area contributed by atoms with Gasteiger partial charge < -0.3 is 34.4 Å². The Labute approximate surface area is 207 Å². The summed E-state index contributed by atoms with van der Waals surface area (Å²) in [7, 11) is 4.65. The number of aromatic nitrogens is 1. The van der Waals surface area contributed by atoms with Crippen LogP contribution in [-0.4, -0.2) is 50.0 Å². The number of nitrogens with one attached hydrogen (secondary N) is 2. The summed E-state index contributed by atoms with van der Waals surface area (Å²) < 4.78 is 22.1. The highest BCUT2D eigenvalue weighted by molar-refractivity contribution is 7.12. The maximum Gasteiger partial charge on any atom is 0.265 e. The Bertz CT molecular complexity index is 1270. The third-order valence-corrected chi connectivity index (χ3v) is 6.55. The maximum atomic E-state index is 13.0. The van der Waals surface area contributed by atoms with E-state index in [0.717, 1.165) is 22.0 Å². The Morgan fingerprint density at radius 2 is 1.80 bits per heavy atom. The van der Waals surface area contributed by atoms with Crippen molar-refractivity contribution < 1.29 is 28.8 Å². The van der Waals surface area contributed by atoms with Gasteiger partial charge >= 0.3 is 0 Å². The summed E-state index contributed by atoms with van der Waals surface area (Å²) in [5, 5.41) is 15.7. The Morgan fingerprint density at radius 1 is 1.06 bits per heavy atom. The molecule has 1 atom stereocenters. The number of amides is 1. The molecule has 0 saturated carbocycles. The minimum absolute atomic E-state index is 0.182. The van der Waals surface area contributed by atoms with Crippen molar-refractivity contribution in [3.8, 4) is 23.0 Å². The number of hydrogen-bond acceptors (Lipinski definition) is 7. The SMILES string of the molecule is COc1cc(COc2ccsc2C(=O)N[C@@H](CO)Cc2c[nH]c3ccccc23)cc(OC)c1OC. The van der Waals surface area contributed by atoms with Crippen molar-refractivity contribution in [2.45, 2.75) is 19.1 Å². The van der Waals surface area contributed by atoms with Gasteiger partial charge in [0.05, 0.1) is 34.0 Å². The van der Waals surface area contributed by atoms with Crippen molar-refractivity contribution in [1.82, 2.24) is 10.3 Å². The molecule has 9 heteroatoms. The molecule has 1 amide bonds. The first kappa shape index (κ1) is 24.4. The summed E-state index contributed by atoms with van der Waals surface area (Å²) in [5.41, 5.74) is 2.85. The summed E-state index contributed by atoms with van der Waals surface area (Å²) in [5.74, 6) is 1.72. The highest BCUT2D eigenvalue weighted by Crippen LogP contribution is 2.38. The molecule has 2 heterocycles. The molecule has 3 N–H and O–H groups in total. The molecule has 0 aliphatic heterocycles. The standard InChI is InChI=1S/C26H28N2O6S/c1-31-22-10-16(11-23(32-2)24(22)33-3)15-34-21-8-9-35-25(21)26(30)28-18(14-29)12-17-13-27-20-7-5-4-6-19(17)20/h4-11,13,18,27,29H,12,14-15H2,1-3H3,(H,28,30)/t18-/m1/s1. The third-order valence-electron chi connectivity index (χ3n) is 5.65. The summed E-state index contributed by atoms with van der Waals surface area (Å²) in [6.45, 7) is 0.0186. The van der Waals surface area contributed by atoms with E-state index < -0.39 is 6.04 Å². The predicted octanol–water partition coefficient (Wildman–Crippen LogP) is 4.17. The first-order chi connectivity index (χ1) is 17.1. The molecule has 0 bridgehead atoms. The molecule has 0 saturated heterocycles. The van der Waals surface area contributed by atoms with Crippen LogP contribution in [0.4, 0.5) is 0 Å². The lowest BCUT2D eigenvalue weighted by atomic mass is 10.1. The number of fused-ring (bicyclic) bond motifs is 1. The number of carbonyl (C=O) groups excluding carboxylic acids is 1. The lowest BCUT2D eigenvalue weighted by Gasteiger charge is -2.17. The van der Waals surface area contributed by atoms with E-state index in [9.17, 15) is 9.90 Å². The van der Waals surface area contributed by atoms with Crippen LogP contribution < -0.4 is 24.3 Å². The molecule has 0 aliphatic rings. The normalized spacial score (nSPS) is 11.8. The van der Waals surface area contributed by atoms with Crippen LogP contribution >= 0.6 is 11.3 Å². The van der Waals surface area contributed by atoms with Gasteiger partial charge in [0.25, 0.3) is 5.91 Å². The molecule has 4 rings (SSSR count). The number of rotatable bonds is 11. The largest absolute Gasteiger partial charge is 0.493 e. The minimum Gasteiger partial charge on any atom is -0.493 e. The van der Waals surface area contributed by atoms with Crippen LogP contribution in [-0.2, 0) is 13.0 Å². The predicted molar refractivity (Wildman–Crippen MR) is 135 cm³/mol. The molecular weight excluding hydrogens is 468 g/mol. The summed E-state index contributed by atoms with van der Waals surface area (Å²) in [6, 6.07) is 12.9. The topological polar surface area (TPSA) is 102 Å². The zero-order valence-corrected chi connectivity index (χ0v) is 20.6. The number of H-pyrrole nitrogens is 1. The second-order valence-corrected chi connectivity index (χ2v) is 8.77. The van der Waals surface area contributed by atoms with Gasteiger partial charge in [0.1, 0.15) is 17.2 Å². The van der Waals surface area contributed by atoms with Crippen molar-refractivity contribution in [3.63, 3.8) is 0 Å². The number of thiophene rings is 1. The molecule has 0 unspecified atom stereocenters. The molecular formula is C26H28N2O6S. The van der Waals surface area contributed by atoms with E-state index in [0.29, 0.717) is 34.3 Å². The van der Waals surface area contributed by atoms with Crippen LogP contribution in [0.2, 0.25) is 0 Å². The van der Waals surface area contributed by atoms with Crippen molar-refractivity contribution in [2.75, 3.05) is 27.9 Å². The van der Waals surface area contributed by atoms with Crippen LogP contribution in [0.3, 0.4) is 0 Å². The number of aliphatic hydroxyl groups is 1. The molecule has 2 aromatic heterocycles. The van der Waals surface area contributed by atoms with Gasteiger partial charge in [-0.2, -0.15) is 0 Å². The Hall–Kier alpha value is -3.69. The van der Waals surface area contributed by atoms with E-state index in [4.69, 9.17) is 18.9 Å². The number of carbonyl (C=O) groups is 1. The lowest BCUT2D eigenvalue weighted by molar-refractivity contribution is 0.0916. The molecule has 0 spiro atoms. The maximum absolute atomic E-state index is 13.0. The average molecular weight is 497 g/mol. The Balaban J connectivity index is 1.44. The number of para-hydroxylation sites is 1. The number of ether oxygens (including phenoxy) is 4. The fourth-order valence-electron chi connectivity index (χ4n) is 3.93. The van der Waals surface area contributed by atoms with E-state index in [1.807, 2.05) is 30.5 Å². The van der Waals surface area contributed by atoms with Gasteiger partial charge in [0.2, 0.25) is 5.75 Å². The van der Waals surface area contributed by atoms with E-state index in [2.05, 4.69) is 10.3 Å². The van der Waals surface area contributed by atoms with E-state index in [1.54, 1.807) is 44.9 Å². The van der Waals surface area contributed by atoms with Crippen LogP contribution in [0.5, 0.6) is 23.0 Å². The van der Waals surface area contributed by atoms with Crippen LogP contribution in [0.1, 0.15) is 20.8 Å². The minimum atomic E-state index is -0.438. The van der Waals surface area contributed by atoms with Crippen molar-refractivity contribution in [3.05, 3.63) is 70.0 Å². The lowest BCUT2D eigenvalue weighted by Crippen LogP contribution is -2.38. The quantitative estimate of drug-likeness (QED) is 0.288. The second kappa shape index (κ2) is 11.2. The number of aromatic amines is 1. The van der Waals surface area contributed by atoms with Gasteiger partial charge in [-0.15, -0.1) is 11.3 Å². The zero-order valence-electron chi connectivity index (χ0n) is 19.8. The molecule has 35 heavy (non-hydrogen) atoms. The van der Waals surface area contributed by atoms with E-state index >= 15 is 0 Å². The number of methoxy groups -OCH3 is 3. The molecule has 8 nitrogen and oxygen atoms in total. The summed E-state index contributed by atoms with van der Waals surface area (Å²) in [6.07, 6.45) is 2.41. The van der Waals surface area contributed by atoms with Crippen LogP contribution in [0, 0.1) is 0 Å². The Kier molecular flexibility index (Phi) is 7.79. The van der Waals surface area contributed by atoms with E-state index in [-0.39, 0.29) is 19.1 Å². The fraction of sp³-hybridized carbons (Fsp3) is 0.269. The molecule has 0 fully saturated rings. The number of aliphatic hydroxyl groups excluding tert-OH is 1. The zero-order chi connectivity index (χ0) is 24.8. The van der Waals surface area contributed by atoms with Gasteiger partial charge in [-0.25, -0.2) is 0 Å². The fourth-order valence-corrected chi connectivity index (χ4v) is 4.67. The third kappa shape index (κ3) is 5.36. The summed E-state index contributed by atoms with van der Waals surface area (Å²) >= 11 is 1.28. The Morgan fingerprint density at radius 3 is 2.49 bits per heavy atom. The molecule has 184 valence electrons. The number of hydrogen-bond donors (Lipinski definition) is 3. The van der Waals surface area contributed by atoms with Gasteiger partial charge in [-0.05, 0) is 47.2 Å². The van der Waals surface area contributed by atoms with Crippen LogP contribution in [0.15, 0.2) is 54.0 Å². The first-order valence-electron chi connectivity index (χ1n) is 11.0. The van der Waals surface area contributed by atoms with Gasteiger partial charge in [0.15, 0.2) is 11.5 Å². The molecule has 0 radical (unpaired) electrons. The van der Waals surface area contributed by atoms with Crippen molar-refractivity contribution in [1.29, 1.82) is 0 Å². The monoisotopic (exact) mass is 496 g/mol. The van der Waals surface area contributed by atoms with E-state index in [1.165, 1.54) is 11.3 Å². The molecule has 2 aromatic carbocycles. The highest BCUT2D eigenvalue weighted by Gasteiger charge is 2.20. The van der Waals surface area contributed by atoms with Crippen molar-refractivity contribution in [2.24, 2.45) is 0 Å². The second-order valence-electron chi connectivity index (χ2n) is 7.85. The number of benzene rings is 2. The molecule has 4 aromatic rings. The van der Waals surface area contributed by atoms with Gasteiger partial charge in [-0.3, -0.25) is 4.79 Å². The van der Waals surface area contributed by atoms with Gasteiger partial charge in [-0.1, -0.05) is 18.2 Å².